The van der Waals surface area contributed by atoms with E-state index in [4.69, 9.17) is 0 Å². The summed E-state index contributed by atoms with van der Waals surface area (Å²) in [6, 6.07) is 3.56. The Bertz CT molecular complexity index is 1140. The first-order valence-electron chi connectivity index (χ1n) is 15.5. The quantitative estimate of drug-likeness (QED) is 0.339. The largest absolute Gasteiger partial charge is 0.478 e. The Balaban J connectivity index is 2.38. The molecule has 0 spiro atoms. The predicted molar refractivity (Wildman–Crippen MR) is 164 cm³/mol. The van der Waals surface area contributed by atoms with Crippen LogP contribution in [0.5, 0.6) is 0 Å². The van der Waals surface area contributed by atoms with Gasteiger partial charge < -0.3 is 10.2 Å². The van der Waals surface area contributed by atoms with Crippen molar-refractivity contribution in [2.75, 3.05) is 14.1 Å². The highest BCUT2D eigenvalue weighted by Gasteiger charge is 2.54. The van der Waals surface area contributed by atoms with Gasteiger partial charge in [-0.15, -0.1) is 0 Å². The lowest BCUT2D eigenvalue weighted by atomic mass is 9.59. The Labute approximate surface area is 243 Å². The maximum Gasteiger partial charge on any atom is 0.336 e. The average Bonchev–Trinajstić information content (AvgIpc) is 2.93. The number of carbonyl (C=O) groups is 2. The van der Waals surface area contributed by atoms with Gasteiger partial charge in [0, 0.05) is 22.2 Å². The smallest absolute Gasteiger partial charge is 0.336 e. The van der Waals surface area contributed by atoms with Crippen molar-refractivity contribution < 1.29 is 19.8 Å². The first-order chi connectivity index (χ1) is 18.4. The van der Waals surface area contributed by atoms with Gasteiger partial charge in [-0.2, -0.15) is 0 Å². The molecule has 0 aromatic heterocycles. The van der Waals surface area contributed by atoms with E-state index >= 15 is 0 Å². The summed E-state index contributed by atoms with van der Waals surface area (Å²) < 4.78 is 0. The Morgan fingerprint density at radius 2 is 1.18 bits per heavy atom. The van der Waals surface area contributed by atoms with Crippen molar-refractivity contribution in [3.8, 4) is 0 Å². The molecule has 0 radical (unpaired) electrons. The van der Waals surface area contributed by atoms with Gasteiger partial charge in [-0.3, -0.25) is 9.80 Å². The summed E-state index contributed by atoms with van der Waals surface area (Å²) in [5.41, 5.74) is 1.18. The van der Waals surface area contributed by atoms with Crippen molar-refractivity contribution in [2.45, 2.75) is 142 Å². The molecule has 226 valence electrons. The lowest BCUT2D eigenvalue weighted by Crippen LogP contribution is -2.64. The zero-order chi connectivity index (χ0) is 30.6. The number of piperidine rings is 2. The molecule has 40 heavy (non-hydrogen) atoms. The number of rotatable bonds is 8. The Morgan fingerprint density at radius 1 is 0.750 bits per heavy atom. The highest BCUT2D eigenvalue weighted by Crippen LogP contribution is 2.55. The van der Waals surface area contributed by atoms with Gasteiger partial charge in [-0.05, 0) is 121 Å². The topological polar surface area (TPSA) is 81.1 Å². The highest BCUT2D eigenvalue weighted by atomic mass is 16.4. The fourth-order valence-corrected chi connectivity index (χ4v) is 8.65. The van der Waals surface area contributed by atoms with Crippen LogP contribution in [0.25, 0.3) is 0 Å². The monoisotopic (exact) mass is 556 g/mol. The number of nitrogens with zero attached hydrogens (tertiary/aromatic N) is 2. The number of aromatic carboxylic acids is 2. The lowest BCUT2D eigenvalue weighted by Gasteiger charge is -2.60. The van der Waals surface area contributed by atoms with E-state index in [2.05, 4.69) is 93.1 Å². The molecule has 1 aromatic carbocycles. The predicted octanol–water partition coefficient (Wildman–Crippen LogP) is 7.87. The van der Waals surface area contributed by atoms with Gasteiger partial charge in [-0.1, -0.05) is 47.6 Å². The van der Waals surface area contributed by atoms with Gasteiger partial charge in [0.1, 0.15) is 0 Å². The third-order valence-electron chi connectivity index (χ3n) is 13.1. The van der Waals surface area contributed by atoms with Crippen molar-refractivity contribution >= 4 is 11.9 Å². The van der Waals surface area contributed by atoms with Crippen molar-refractivity contribution in [1.82, 2.24) is 9.80 Å². The normalized spacial score (nSPS) is 39.3. The molecule has 6 heteroatoms. The zero-order valence-corrected chi connectivity index (χ0v) is 27.3. The van der Waals surface area contributed by atoms with Crippen molar-refractivity contribution in [3.05, 3.63) is 34.4 Å². The van der Waals surface area contributed by atoms with E-state index in [1.807, 2.05) is 6.07 Å². The second kappa shape index (κ2) is 11.1. The summed E-state index contributed by atoms with van der Waals surface area (Å²) in [6.07, 6.45) is 5.28. The van der Waals surface area contributed by atoms with Crippen LogP contribution in [0.3, 0.4) is 0 Å². The van der Waals surface area contributed by atoms with Crippen LogP contribution < -0.4 is 0 Å². The van der Waals surface area contributed by atoms with E-state index in [-0.39, 0.29) is 57.0 Å². The van der Waals surface area contributed by atoms with Crippen LogP contribution in [0.4, 0.5) is 0 Å². The van der Waals surface area contributed by atoms with Crippen LogP contribution in [0.15, 0.2) is 12.1 Å². The lowest BCUT2D eigenvalue weighted by molar-refractivity contribution is -0.0756. The number of carboxylic acids is 2. The molecular formula is C34H56N2O4. The summed E-state index contributed by atoms with van der Waals surface area (Å²) in [5.74, 6) is -1.95. The Kier molecular flexibility index (Phi) is 9.01. The average molecular weight is 557 g/mol. The molecule has 2 heterocycles. The number of carboxylic acid groups (broad SMARTS) is 2. The highest BCUT2D eigenvalue weighted by molar-refractivity contribution is 5.98. The van der Waals surface area contributed by atoms with E-state index in [1.165, 1.54) is 0 Å². The Morgan fingerprint density at radius 3 is 1.55 bits per heavy atom. The van der Waals surface area contributed by atoms with E-state index in [9.17, 15) is 19.8 Å². The van der Waals surface area contributed by atoms with Crippen LogP contribution in [0.2, 0.25) is 0 Å². The third kappa shape index (κ3) is 4.71. The molecule has 0 bridgehead atoms. The maximum absolute atomic E-state index is 13.4. The van der Waals surface area contributed by atoms with Gasteiger partial charge in [0.25, 0.3) is 0 Å². The third-order valence-corrected chi connectivity index (χ3v) is 13.1. The summed E-state index contributed by atoms with van der Waals surface area (Å²) in [4.78, 5) is 31.1. The first kappa shape index (κ1) is 32.6. The summed E-state index contributed by atoms with van der Waals surface area (Å²) in [7, 11) is 4.40. The molecule has 0 amide bonds. The maximum atomic E-state index is 13.4. The summed E-state index contributed by atoms with van der Waals surface area (Å²) >= 11 is 0. The number of hydrogen-bond acceptors (Lipinski definition) is 4. The van der Waals surface area contributed by atoms with Crippen LogP contribution >= 0.6 is 0 Å². The molecule has 0 saturated carbocycles. The van der Waals surface area contributed by atoms with Crippen LogP contribution in [-0.4, -0.2) is 68.2 Å². The minimum Gasteiger partial charge on any atom is -0.478 e. The molecule has 8 unspecified atom stereocenters. The molecule has 2 fully saturated rings. The van der Waals surface area contributed by atoms with Gasteiger partial charge >= 0.3 is 11.9 Å². The Hall–Kier alpha value is -1.92. The number of hydrogen-bond donors (Lipinski definition) is 2. The molecule has 2 aliphatic rings. The SMILES string of the molecule is CCC1(C)CC(c2ccc(C(=O)O)c(C3CC(C)(CC)N(C)C(C)(CC)C3C)c2C(=O)O)C(C)C(C)(CC)N1C. The van der Waals surface area contributed by atoms with Crippen LogP contribution in [-0.2, 0) is 0 Å². The molecule has 0 aliphatic carbocycles. The van der Waals surface area contributed by atoms with Crippen molar-refractivity contribution in [2.24, 2.45) is 11.8 Å². The summed E-state index contributed by atoms with van der Waals surface area (Å²) in [5, 5.41) is 21.4. The van der Waals surface area contributed by atoms with Gasteiger partial charge in [-0.25, -0.2) is 9.59 Å². The van der Waals surface area contributed by atoms with E-state index in [0.717, 1.165) is 44.1 Å². The van der Waals surface area contributed by atoms with Gasteiger partial charge in [0.05, 0.1) is 11.1 Å². The fraction of sp³-hybridized carbons (Fsp3) is 0.765. The molecule has 2 aliphatic heterocycles. The van der Waals surface area contributed by atoms with Crippen LogP contribution in [0, 0.1) is 11.8 Å². The van der Waals surface area contributed by atoms with E-state index < -0.39 is 11.9 Å². The fourth-order valence-electron chi connectivity index (χ4n) is 8.65. The molecule has 8 atom stereocenters. The zero-order valence-electron chi connectivity index (χ0n) is 27.3. The second-order valence-electron chi connectivity index (χ2n) is 14.0. The van der Waals surface area contributed by atoms with E-state index in [1.54, 1.807) is 6.07 Å². The molecule has 3 rings (SSSR count). The van der Waals surface area contributed by atoms with Crippen molar-refractivity contribution in [1.29, 1.82) is 0 Å². The van der Waals surface area contributed by atoms with Crippen LogP contribution in [0.1, 0.15) is 151 Å². The molecule has 1 aromatic rings. The number of benzene rings is 1. The van der Waals surface area contributed by atoms with Gasteiger partial charge in [0.2, 0.25) is 0 Å². The first-order valence-corrected chi connectivity index (χ1v) is 15.5. The molecule has 2 saturated heterocycles. The van der Waals surface area contributed by atoms with E-state index in [0.29, 0.717) is 5.56 Å². The molecular weight excluding hydrogens is 500 g/mol. The molecule has 2 N–H and O–H groups in total. The number of likely N-dealkylation sites (tertiary alicyclic amines) is 2. The second-order valence-corrected chi connectivity index (χ2v) is 14.0. The summed E-state index contributed by atoms with van der Waals surface area (Å²) in [6.45, 7) is 22.4. The van der Waals surface area contributed by atoms with Gasteiger partial charge in [0.15, 0.2) is 0 Å². The minimum atomic E-state index is -1.04. The minimum absolute atomic E-state index is 0.00971. The standard InChI is InChI=1S/C34H56N2O4/c1-13-31(7)19-25(21(5)33(9,15-3)35(31)11)23-17-18-24(29(37)38)27(28(23)30(39)40)26-20-32(8,14-2)36(12)34(10,16-4)22(26)6/h17-18,21-22,25-26H,13-16,19-20H2,1-12H3,(H,37,38)(H,39,40). The molecule has 6 nitrogen and oxygen atoms in total. The van der Waals surface area contributed by atoms with Crippen molar-refractivity contribution in [3.63, 3.8) is 0 Å².